The van der Waals surface area contributed by atoms with Crippen LogP contribution in [0.5, 0.6) is 11.5 Å². The van der Waals surface area contributed by atoms with Crippen molar-refractivity contribution >= 4 is 5.97 Å². The van der Waals surface area contributed by atoms with Crippen molar-refractivity contribution in [1.29, 1.82) is 0 Å². The Labute approximate surface area is 109 Å². The highest BCUT2D eigenvalue weighted by Gasteiger charge is 2.27. The fraction of sp³-hybridized carbons (Fsp3) is 0.462. The zero-order chi connectivity index (χ0) is 13.2. The van der Waals surface area contributed by atoms with Crippen molar-refractivity contribution in [2.45, 2.75) is 12.2 Å². The maximum atomic E-state index is 11.3. The van der Waals surface area contributed by atoms with Crippen LogP contribution >= 0.6 is 0 Å². The van der Waals surface area contributed by atoms with Gasteiger partial charge in [0.15, 0.2) is 0 Å². The Hall–Kier alpha value is -1.79. The van der Waals surface area contributed by atoms with Gasteiger partial charge in [-0.25, -0.2) is 4.79 Å². The molecule has 2 fully saturated rings. The molecule has 3 rings (SSSR count). The van der Waals surface area contributed by atoms with E-state index in [4.69, 9.17) is 18.9 Å². The van der Waals surface area contributed by atoms with Gasteiger partial charge in [0.25, 0.3) is 0 Å². The van der Waals surface area contributed by atoms with E-state index in [2.05, 4.69) is 0 Å². The molecule has 1 N–H and O–H groups in total. The molecule has 2 saturated heterocycles. The van der Waals surface area contributed by atoms with Crippen LogP contribution in [0.4, 0.5) is 0 Å². The molecule has 0 aromatic heterocycles. The minimum atomic E-state index is -1.07. The van der Waals surface area contributed by atoms with Crippen molar-refractivity contribution in [3.8, 4) is 11.5 Å². The Bertz CT molecular complexity index is 444. The number of hydrogen-bond donors (Lipinski definition) is 1. The lowest BCUT2D eigenvalue weighted by Gasteiger charge is -2.12. The monoisotopic (exact) mass is 266 g/mol. The third-order valence-corrected chi connectivity index (χ3v) is 2.86. The normalized spacial score (nSPS) is 23.8. The van der Waals surface area contributed by atoms with E-state index in [1.807, 2.05) is 0 Å². The number of epoxide rings is 2. The molecule has 2 heterocycles. The van der Waals surface area contributed by atoms with Crippen molar-refractivity contribution in [2.75, 3.05) is 26.4 Å². The summed E-state index contributed by atoms with van der Waals surface area (Å²) < 4.78 is 21.0. The fourth-order valence-electron chi connectivity index (χ4n) is 1.66. The topological polar surface area (TPSA) is 80.8 Å². The van der Waals surface area contributed by atoms with Crippen molar-refractivity contribution in [2.24, 2.45) is 0 Å². The number of carboxylic acid groups (broad SMARTS) is 1. The highest BCUT2D eigenvalue weighted by atomic mass is 16.6. The smallest absolute Gasteiger partial charge is 0.343 e. The second kappa shape index (κ2) is 5.07. The highest BCUT2D eigenvalue weighted by Crippen LogP contribution is 2.30. The Morgan fingerprint density at radius 2 is 1.63 bits per heavy atom. The minimum absolute atomic E-state index is 0.0452. The van der Waals surface area contributed by atoms with Gasteiger partial charge in [0.2, 0.25) is 0 Å². The third kappa shape index (κ3) is 3.15. The molecule has 19 heavy (non-hydrogen) atoms. The molecule has 1 aromatic carbocycles. The molecule has 0 bridgehead atoms. The van der Waals surface area contributed by atoms with Gasteiger partial charge < -0.3 is 24.1 Å². The second-order valence-electron chi connectivity index (χ2n) is 4.47. The van der Waals surface area contributed by atoms with E-state index in [0.29, 0.717) is 37.9 Å². The van der Waals surface area contributed by atoms with Crippen molar-refractivity contribution < 1.29 is 28.8 Å². The molecule has 1 aromatic rings. The Morgan fingerprint density at radius 3 is 2.00 bits per heavy atom. The zero-order valence-electron chi connectivity index (χ0n) is 10.2. The molecule has 0 spiro atoms. The number of aromatic carboxylic acids is 1. The number of carbonyl (C=O) groups is 1. The number of hydrogen-bond acceptors (Lipinski definition) is 5. The van der Waals surface area contributed by atoms with Crippen molar-refractivity contribution in [1.82, 2.24) is 0 Å². The van der Waals surface area contributed by atoms with Crippen LogP contribution in [-0.4, -0.2) is 49.7 Å². The third-order valence-electron chi connectivity index (χ3n) is 2.86. The van der Waals surface area contributed by atoms with Gasteiger partial charge in [0.05, 0.1) is 13.2 Å². The van der Waals surface area contributed by atoms with Gasteiger partial charge in [-0.3, -0.25) is 0 Å². The van der Waals surface area contributed by atoms with Gasteiger partial charge >= 0.3 is 5.97 Å². The molecule has 0 aliphatic carbocycles. The van der Waals surface area contributed by atoms with Crippen molar-refractivity contribution in [3.05, 3.63) is 23.8 Å². The summed E-state index contributed by atoms with van der Waals surface area (Å²) in [5.41, 5.74) is 0.0452. The summed E-state index contributed by atoms with van der Waals surface area (Å²) in [4.78, 5) is 11.3. The first kappa shape index (κ1) is 12.3. The summed E-state index contributed by atoms with van der Waals surface area (Å²) in [7, 11) is 0. The van der Waals surface area contributed by atoms with Gasteiger partial charge in [-0.2, -0.15) is 0 Å². The number of carboxylic acids is 1. The van der Waals surface area contributed by atoms with Gasteiger partial charge in [-0.1, -0.05) is 6.07 Å². The van der Waals surface area contributed by atoms with Gasteiger partial charge in [-0.05, 0) is 12.1 Å². The second-order valence-corrected chi connectivity index (χ2v) is 4.47. The summed E-state index contributed by atoms with van der Waals surface area (Å²) >= 11 is 0. The molecule has 6 nitrogen and oxygen atoms in total. The number of rotatable bonds is 7. The lowest BCUT2D eigenvalue weighted by molar-refractivity contribution is 0.0686. The molecule has 2 aliphatic heterocycles. The summed E-state index contributed by atoms with van der Waals surface area (Å²) in [5.74, 6) is -0.464. The Balaban J connectivity index is 1.75. The number of ether oxygens (including phenoxy) is 4. The predicted octanol–water partition coefficient (Wildman–Crippen LogP) is 0.940. The van der Waals surface area contributed by atoms with E-state index in [1.54, 1.807) is 18.2 Å². The van der Waals surface area contributed by atoms with Crippen LogP contribution < -0.4 is 9.47 Å². The Kier molecular flexibility index (Phi) is 3.27. The molecule has 6 heteroatoms. The van der Waals surface area contributed by atoms with Crippen LogP contribution in [0.2, 0.25) is 0 Å². The first-order chi connectivity index (χ1) is 9.24. The molecule has 0 saturated carbocycles. The van der Waals surface area contributed by atoms with E-state index in [-0.39, 0.29) is 17.8 Å². The minimum Gasteiger partial charge on any atom is -0.490 e. The molecule has 0 radical (unpaired) electrons. The lowest BCUT2D eigenvalue weighted by atomic mass is 10.2. The molecular formula is C13H14O6. The number of benzene rings is 1. The van der Waals surface area contributed by atoms with E-state index in [9.17, 15) is 9.90 Å². The van der Waals surface area contributed by atoms with Crippen LogP contribution in [0.25, 0.3) is 0 Å². The largest absolute Gasteiger partial charge is 0.490 e. The highest BCUT2D eigenvalue weighted by molar-refractivity contribution is 5.94. The van der Waals surface area contributed by atoms with Gasteiger partial charge in [0.1, 0.15) is 42.5 Å². The van der Waals surface area contributed by atoms with Crippen molar-refractivity contribution in [3.63, 3.8) is 0 Å². The molecular weight excluding hydrogens is 252 g/mol. The summed E-state index contributed by atoms with van der Waals surface area (Å²) in [6, 6.07) is 4.94. The van der Waals surface area contributed by atoms with E-state index in [0.717, 1.165) is 0 Å². The predicted molar refractivity (Wildman–Crippen MR) is 63.9 cm³/mol. The lowest BCUT2D eigenvalue weighted by Crippen LogP contribution is -2.12. The summed E-state index contributed by atoms with van der Waals surface area (Å²) in [5, 5.41) is 9.29. The SMILES string of the molecule is O=C(O)c1c(OCC2CO2)cccc1OCC1CO1. The summed E-state index contributed by atoms with van der Waals surface area (Å²) in [6.07, 6.45) is 0.150. The first-order valence-electron chi connectivity index (χ1n) is 6.09. The molecule has 2 unspecified atom stereocenters. The zero-order valence-corrected chi connectivity index (χ0v) is 10.2. The average molecular weight is 266 g/mol. The fourth-order valence-corrected chi connectivity index (χ4v) is 1.66. The Morgan fingerprint density at radius 1 is 1.16 bits per heavy atom. The van der Waals surface area contributed by atoms with Gasteiger partial charge in [0, 0.05) is 0 Å². The van der Waals surface area contributed by atoms with Gasteiger partial charge in [-0.15, -0.1) is 0 Å². The standard InChI is InChI=1S/C13H14O6/c14-13(15)12-10(18-6-8-4-16-8)2-1-3-11(12)19-7-9-5-17-9/h1-3,8-9H,4-7H2,(H,14,15). The molecule has 0 amide bonds. The quantitative estimate of drug-likeness (QED) is 0.740. The average Bonchev–Trinajstić information content (AvgIpc) is 3.27. The molecule has 2 atom stereocenters. The van der Waals surface area contributed by atoms with E-state index >= 15 is 0 Å². The van der Waals surface area contributed by atoms with Crippen LogP contribution in [0.15, 0.2) is 18.2 Å². The van der Waals surface area contributed by atoms with Crippen LogP contribution in [0, 0.1) is 0 Å². The van der Waals surface area contributed by atoms with E-state index in [1.165, 1.54) is 0 Å². The first-order valence-corrected chi connectivity index (χ1v) is 6.09. The van der Waals surface area contributed by atoms with Crippen LogP contribution in [-0.2, 0) is 9.47 Å². The van der Waals surface area contributed by atoms with E-state index < -0.39 is 5.97 Å². The van der Waals surface area contributed by atoms with Crippen LogP contribution in [0.3, 0.4) is 0 Å². The maximum Gasteiger partial charge on any atom is 0.343 e. The molecule has 102 valence electrons. The summed E-state index contributed by atoms with van der Waals surface area (Å²) in [6.45, 7) is 2.04. The van der Waals surface area contributed by atoms with Crippen LogP contribution in [0.1, 0.15) is 10.4 Å². The maximum absolute atomic E-state index is 11.3. The molecule has 2 aliphatic rings.